The van der Waals surface area contributed by atoms with Crippen LogP contribution in [-0.2, 0) is 23.0 Å². The van der Waals surface area contributed by atoms with Crippen molar-refractivity contribution >= 4 is 18.2 Å². The highest BCUT2D eigenvalue weighted by atomic mass is 16.6. The Morgan fingerprint density at radius 1 is 1.42 bits per heavy atom. The molecule has 144 valence electrons. The number of unbranched alkanes of at least 4 members (excludes halogenated alkanes) is 1. The third-order valence-corrected chi connectivity index (χ3v) is 3.55. The van der Waals surface area contributed by atoms with Gasteiger partial charge in [0.15, 0.2) is 5.49 Å². The fourth-order valence-corrected chi connectivity index (χ4v) is 2.39. The molecule has 1 rings (SSSR count). The molecule has 0 spiro atoms. The SMILES string of the molecule is CCCCc1cc(O)c(C(=O)NCC(=O)OC(C)(C)C)/c(=N/C=N)n1C. The fourth-order valence-electron chi connectivity index (χ4n) is 2.39. The maximum atomic E-state index is 12.5. The summed E-state index contributed by atoms with van der Waals surface area (Å²) in [6.07, 6.45) is 3.42. The maximum Gasteiger partial charge on any atom is 0.325 e. The van der Waals surface area contributed by atoms with Gasteiger partial charge < -0.3 is 19.7 Å². The Morgan fingerprint density at radius 2 is 2.08 bits per heavy atom. The molecule has 0 unspecified atom stereocenters. The average molecular weight is 364 g/mol. The minimum absolute atomic E-state index is 0.0835. The molecule has 26 heavy (non-hydrogen) atoms. The van der Waals surface area contributed by atoms with Gasteiger partial charge in [-0.2, -0.15) is 0 Å². The lowest BCUT2D eigenvalue weighted by Crippen LogP contribution is -2.38. The number of nitrogens with one attached hydrogen (secondary N) is 2. The maximum absolute atomic E-state index is 12.5. The molecule has 0 fully saturated rings. The quantitative estimate of drug-likeness (QED) is 0.387. The van der Waals surface area contributed by atoms with E-state index in [0.29, 0.717) is 6.42 Å². The van der Waals surface area contributed by atoms with Gasteiger partial charge in [0.25, 0.3) is 5.91 Å². The number of rotatable bonds is 7. The van der Waals surface area contributed by atoms with Crippen molar-refractivity contribution in [2.75, 3.05) is 6.54 Å². The molecule has 0 atom stereocenters. The third kappa shape index (κ3) is 6.02. The molecular formula is C18H28N4O4. The summed E-state index contributed by atoms with van der Waals surface area (Å²) in [6.45, 7) is 6.92. The zero-order valence-electron chi connectivity index (χ0n) is 16.0. The Hall–Kier alpha value is -2.64. The van der Waals surface area contributed by atoms with E-state index in [2.05, 4.69) is 17.2 Å². The molecular weight excluding hydrogens is 336 g/mol. The predicted octanol–water partition coefficient (Wildman–Crippen LogP) is 1.65. The summed E-state index contributed by atoms with van der Waals surface area (Å²) in [5, 5.41) is 20.0. The molecule has 0 bridgehead atoms. The van der Waals surface area contributed by atoms with Crippen LogP contribution in [0.1, 0.15) is 56.6 Å². The molecule has 3 N–H and O–H groups in total. The van der Waals surface area contributed by atoms with Crippen molar-refractivity contribution in [1.82, 2.24) is 9.88 Å². The van der Waals surface area contributed by atoms with Gasteiger partial charge in [-0.25, -0.2) is 4.99 Å². The van der Waals surface area contributed by atoms with Crippen molar-refractivity contribution in [2.45, 2.75) is 52.6 Å². The normalized spacial score (nSPS) is 12.0. The Labute approximate surface area is 153 Å². The standard InChI is InChI=1S/C18H28N4O4/c1-6-7-8-12-9-13(23)15(16(21-11-19)22(12)5)17(25)20-10-14(24)26-18(2,3)4/h9,11,19,23H,6-8,10H2,1-5H3,(H,20,25)/b19-11?,21-16-. The van der Waals surface area contributed by atoms with Gasteiger partial charge >= 0.3 is 5.97 Å². The molecule has 0 radical (unpaired) electrons. The molecule has 0 aliphatic rings. The first-order valence-corrected chi connectivity index (χ1v) is 8.55. The summed E-state index contributed by atoms with van der Waals surface area (Å²) in [6, 6.07) is 1.51. The highest BCUT2D eigenvalue weighted by molar-refractivity contribution is 5.98. The number of carbonyl (C=O) groups excluding carboxylic acids is 2. The average Bonchev–Trinajstić information content (AvgIpc) is 2.53. The summed E-state index contributed by atoms with van der Waals surface area (Å²) in [4.78, 5) is 28.2. The smallest absolute Gasteiger partial charge is 0.325 e. The summed E-state index contributed by atoms with van der Waals surface area (Å²) in [5.41, 5.74) is 0.221. The first kappa shape index (κ1) is 21.4. The van der Waals surface area contributed by atoms with Crippen molar-refractivity contribution < 1.29 is 19.4 Å². The molecule has 0 aliphatic heterocycles. The second-order valence-electron chi connectivity index (χ2n) is 6.91. The molecule has 8 heteroatoms. The zero-order valence-corrected chi connectivity index (χ0v) is 16.0. The Morgan fingerprint density at radius 3 is 2.62 bits per heavy atom. The molecule has 1 aromatic heterocycles. The number of esters is 1. The molecule has 0 saturated carbocycles. The summed E-state index contributed by atoms with van der Waals surface area (Å²) in [5.74, 6) is -1.48. The van der Waals surface area contributed by atoms with Crippen LogP contribution < -0.4 is 10.8 Å². The van der Waals surface area contributed by atoms with Gasteiger partial charge in [-0.1, -0.05) is 13.3 Å². The van der Waals surface area contributed by atoms with Gasteiger partial charge in [0.1, 0.15) is 29.8 Å². The lowest BCUT2D eigenvalue weighted by molar-refractivity contribution is -0.153. The number of carbonyl (C=O) groups is 2. The van der Waals surface area contributed by atoms with Crippen molar-refractivity contribution in [3.63, 3.8) is 0 Å². The van der Waals surface area contributed by atoms with E-state index in [-0.39, 0.29) is 23.3 Å². The number of ether oxygens (including phenoxy) is 1. The number of hydrogen-bond donors (Lipinski definition) is 3. The second-order valence-corrected chi connectivity index (χ2v) is 6.91. The minimum atomic E-state index is -0.661. The van der Waals surface area contributed by atoms with E-state index in [9.17, 15) is 14.7 Å². The van der Waals surface area contributed by atoms with Crippen LogP contribution in [0.15, 0.2) is 11.1 Å². The number of aromatic nitrogens is 1. The molecule has 1 amide bonds. The number of pyridine rings is 1. The lowest BCUT2D eigenvalue weighted by atomic mass is 10.1. The van der Waals surface area contributed by atoms with Crippen LogP contribution in [0.2, 0.25) is 0 Å². The molecule has 8 nitrogen and oxygen atoms in total. The number of aryl methyl sites for hydroxylation is 1. The topological polar surface area (TPSA) is 117 Å². The molecule has 1 heterocycles. The van der Waals surface area contributed by atoms with Crippen LogP contribution in [-0.4, -0.2) is 40.0 Å². The van der Waals surface area contributed by atoms with Crippen LogP contribution in [0.4, 0.5) is 0 Å². The molecule has 0 aromatic carbocycles. The van der Waals surface area contributed by atoms with Crippen molar-refractivity contribution in [1.29, 1.82) is 5.41 Å². The van der Waals surface area contributed by atoms with Gasteiger partial charge in [-0.15, -0.1) is 0 Å². The minimum Gasteiger partial charge on any atom is -0.507 e. The first-order valence-electron chi connectivity index (χ1n) is 8.55. The van der Waals surface area contributed by atoms with Crippen molar-refractivity contribution in [3.05, 3.63) is 22.8 Å². The van der Waals surface area contributed by atoms with Crippen molar-refractivity contribution in [2.24, 2.45) is 12.0 Å². The van der Waals surface area contributed by atoms with E-state index in [1.165, 1.54) is 6.07 Å². The Kier molecular flexibility index (Phi) is 7.55. The third-order valence-electron chi connectivity index (χ3n) is 3.55. The zero-order chi connectivity index (χ0) is 19.9. The molecule has 0 aliphatic carbocycles. The van der Waals surface area contributed by atoms with E-state index in [4.69, 9.17) is 10.1 Å². The van der Waals surface area contributed by atoms with Crippen molar-refractivity contribution in [3.8, 4) is 5.75 Å². The molecule has 0 saturated heterocycles. The molecule has 1 aromatic rings. The van der Waals surface area contributed by atoms with Crippen LogP contribution in [0.25, 0.3) is 0 Å². The van der Waals surface area contributed by atoms with Crippen LogP contribution in [0.3, 0.4) is 0 Å². The lowest BCUT2D eigenvalue weighted by Gasteiger charge is -2.19. The number of aromatic hydroxyl groups is 1. The Bertz CT molecular complexity index is 745. The van der Waals surface area contributed by atoms with E-state index >= 15 is 0 Å². The summed E-state index contributed by atoms with van der Waals surface area (Å²) >= 11 is 0. The van der Waals surface area contributed by atoms with Gasteiger partial charge in [0.05, 0.1) is 0 Å². The fraction of sp³-hybridized carbons (Fsp3) is 0.556. The number of amides is 1. The largest absolute Gasteiger partial charge is 0.507 e. The van der Waals surface area contributed by atoms with Gasteiger partial charge in [0, 0.05) is 18.8 Å². The highest BCUT2D eigenvalue weighted by Gasteiger charge is 2.21. The first-order chi connectivity index (χ1) is 12.1. The monoisotopic (exact) mass is 364 g/mol. The second kappa shape index (κ2) is 9.17. The van der Waals surface area contributed by atoms with Gasteiger partial charge in [-0.3, -0.25) is 15.0 Å². The van der Waals surface area contributed by atoms with E-state index in [1.54, 1.807) is 32.4 Å². The van der Waals surface area contributed by atoms with Gasteiger partial charge in [-0.05, 0) is 33.6 Å². The van der Waals surface area contributed by atoms with E-state index in [1.807, 2.05) is 0 Å². The predicted molar refractivity (Wildman–Crippen MR) is 98.2 cm³/mol. The summed E-state index contributed by atoms with van der Waals surface area (Å²) in [7, 11) is 1.72. The van der Waals surface area contributed by atoms with E-state index < -0.39 is 17.5 Å². The Balaban J connectivity index is 3.13. The number of nitrogens with zero attached hydrogens (tertiary/aromatic N) is 2. The van der Waals surface area contributed by atoms with Crippen LogP contribution in [0.5, 0.6) is 5.75 Å². The van der Waals surface area contributed by atoms with Crippen LogP contribution >= 0.6 is 0 Å². The summed E-state index contributed by atoms with van der Waals surface area (Å²) < 4.78 is 6.81. The van der Waals surface area contributed by atoms with Gasteiger partial charge in [0.2, 0.25) is 0 Å². The van der Waals surface area contributed by atoms with Crippen LogP contribution in [0, 0.1) is 5.41 Å². The van der Waals surface area contributed by atoms with E-state index in [0.717, 1.165) is 24.9 Å². The highest BCUT2D eigenvalue weighted by Crippen LogP contribution is 2.16. The number of hydrogen-bond acceptors (Lipinski definition) is 5.